The van der Waals surface area contributed by atoms with Crippen LogP contribution in [0.1, 0.15) is 17.4 Å². The lowest BCUT2D eigenvalue weighted by molar-refractivity contribution is 0.189. The summed E-state index contributed by atoms with van der Waals surface area (Å²) in [6, 6.07) is 10.7. The molecule has 1 aromatic heterocycles. The van der Waals surface area contributed by atoms with E-state index in [2.05, 4.69) is 0 Å². The summed E-state index contributed by atoms with van der Waals surface area (Å²) in [6.45, 7) is 0. The maximum atomic E-state index is 9.91. The molecule has 1 unspecified atom stereocenters. The lowest BCUT2D eigenvalue weighted by atomic mass is 10.1. The molecule has 3 heteroatoms. The van der Waals surface area contributed by atoms with Gasteiger partial charge >= 0.3 is 0 Å². The Hall–Kier alpha value is -1.74. The lowest BCUT2D eigenvalue weighted by Crippen LogP contribution is -1.97. The number of hydrogen-bond acceptors (Lipinski definition) is 3. The second-order valence-electron chi connectivity index (χ2n) is 3.19. The molecule has 1 N–H and O–H groups in total. The highest BCUT2D eigenvalue weighted by atomic mass is 16.5. The number of rotatable bonds is 3. The molecule has 0 aliphatic carbocycles. The Kier molecular flexibility index (Phi) is 2.74. The van der Waals surface area contributed by atoms with E-state index in [0.717, 1.165) is 11.3 Å². The normalized spacial score (nSPS) is 12.4. The fourth-order valence-corrected chi connectivity index (χ4v) is 1.40. The van der Waals surface area contributed by atoms with E-state index in [9.17, 15) is 5.11 Å². The average Bonchev–Trinajstić information content (AvgIpc) is 2.82. The van der Waals surface area contributed by atoms with Crippen LogP contribution in [0.25, 0.3) is 0 Å². The van der Waals surface area contributed by atoms with Crippen molar-refractivity contribution in [3.8, 4) is 5.75 Å². The van der Waals surface area contributed by atoms with Gasteiger partial charge in [-0.15, -0.1) is 0 Å². The Balaban J connectivity index is 2.22. The highest BCUT2D eigenvalue weighted by molar-refractivity contribution is 5.31. The van der Waals surface area contributed by atoms with Gasteiger partial charge in [-0.05, 0) is 29.8 Å². The fraction of sp³-hybridized carbons (Fsp3) is 0.167. The molecule has 1 atom stereocenters. The third-order valence-electron chi connectivity index (χ3n) is 2.24. The maximum absolute atomic E-state index is 9.91. The van der Waals surface area contributed by atoms with Crippen molar-refractivity contribution in [2.75, 3.05) is 7.11 Å². The van der Waals surface area contributed by atoms with Crippen molar-refractivity contribution in [2.24, 2.45) is 0 Å². The van der Waals surface area contributed by atoms with Gasteiger partial charge in [0.1, 0.15) is 17.6 Å². The van der Waals surface area contributed by atoms with Gasteiger partial charge in [-0.25, -0.2) is 0 Å². The molecule has 0 fully saturated rings. The molecule has 0 aliphatic heterocycles. The first-order chi connectivity index (χ1) is 7.31. The molecule has 0 saturated heterocycles. The number of ether oxygens (including phenoxy) is 1. The van der Waals surface area contributed by atoms with E-state index in [-0.39, 0.29) is 0 Å². The first-order valence-corrected chi connectivity index (χ1v) is 4.66. The quantitative estimate of drug-likeness (QED) is 0.834. The molecular formula is C12H12O3. The van der Waals surface area contributed by atoms with Crippen LogP contribution >= 0.6 is 0 Å². The Morgan fingerprint density at radius 3 is 2.47 bits per heavy atom. The van der Waals surface area contributed by atoms with E-state index in [0.29, 0.717) is 5.76 Å². The van der Waals surface area contributed by atoms with Crippen molar-refractivity contribution < 1.29 is 14.3 Å². The molecule has 0 aliphatic rings. The number of furan rings is 1. The maximum Gasteiger partial charge on any atom is 0.137 e. The summed E-state index contributed by atoms with van der Waals surface area (Å²) in [5.74, 6) is 1.31. The number of methoxy groups -OCH3 is 1. The van der Waals surface area contributed by atoms with Gasteiger partial charge in [0.05, 0.1) is 13.4 Å². The van der Waals surface area contributed by atoms with Crippen LogP contribution in [-0.4, -0.2) is 12.2 Å². The van der Waals surface area contributed by atoms with Gasteiger partial charge in [0.15, 0.2) is 0 Å². The molecule has 0 bridgehead atoms. The molecule has 3 nitrogen and oxygen atoms in total. The van der Waals surface area contributed by atoms with E-state index >= 15 is 0 Å². The molecule has 15 heavy (non-hydrogen) atoms. The van der Waals surface area contributed by atoms with Crippen molar-refractivity contribution in [3.63, 3.8) is 0 Å². The first kappa shape index (κ1) is 9.80. The van der Waals surface area contributed by atoms with Gasteiger partial charge in [0.2, 0.25) is 0 Å². The zero-order chi connectivity index (χ0) is 10.7. The van der Waals surface area contributed by atoms with Crippen LogP contribution < -0.4 is 4.74 Å². The number of hydrogen-bond donors (Lipinski definition) is 1. The fourth-order valence-electron chi connectivity index (χ4n) is 1.40. The monoisotopic (exact) mass is 204 g/mol. The summed E-state index contributed by atoms with van der Waals surface area (Å²) in [4.78, 5) is 0. The molecule has 1 heterocycles. The molecule has 2 rings (SSSR count). The molecule has 0 spiro atoms. The Bertz CT molecular complexity index is 403. The van der Waals surface area contributed by atoms with Gasteiger partial charge in [-0.2, -0.15) is 0 Å². The Morgan fingerprint density at radius 1 is 1.20 bits per heavy atom. The molecule has 1 aromatic carbocycles. The lowest BCUT2D eigenvalue weighted by Gasteiger charge is -2.08. The minimum Gasteiger partial charge on any atom is -0.497 e. The number of benzene rings is 1. The predicted octanol–water partition coefficient (Wildman–Crippen LogP) is 2.37. The van der Waals surface area contributed by atoms with Crippen LogP contribution in [0.2, 0.25) is 0 Å². The van der Waals surface area contributed by atoms with Crippen molar-refractivity contribution >= 4 is 0 Å². The second-order valence-corrected chi connectivity index (χ2v) is 3.19. The topological polar surface area (TPSA) is 42.6 Å². The van der Waals surface area contributed by atoms with E-state index in [1.54, 1.807) is 25.5 Å². The third kappa shape index (κ3) is 2.02. The van der Waals surface area contributed by atoms with Crippen LogP contribution in [0.4, 0.5) is 0 Å². The summed E-state index contributed by atoms with van der Waals surface area (Å²) < 4.78 is 10.2. The standard InChI is InChI=1S/C12H12O3/c1-14-10-6-4-9(5-7-10)12(13)11-3-2-8-15-11/h2-8,12-13H,1H3. The van der Waals surface area contributed by atoms with E-state index in [1.165, 1.54) is 0 Å². The first-order valence-electron chi connectivity index (χ1n) is 4.66. The minimum atomic E-state index is -0.717. The summed E-state index contributed by atoms with van der Waals surface area (Å²) in [7, 11) is 1.61. The van der Waals surface area contributed by atoms with E-state index in [1.807, 2.05) is 24.3 Å². The second kappa shape index (κ2) is 4.19. The van der Waals surface area contributed by atoms with Crippen LogP contribution in [0.5, 0.6) is 5.75 Å². The molecule has 78 valence electrons. The molecule has 2 aromatic rings. The van der Waals surface area contributed by atoms with Crippen molar-refractivity contribution in [3.05, 3.63) is 54.0 Å². The average molecular weight is 204 g/mol. The summed E-state index contributed by atoms with van der Waals surface area (Å²) in [5, 5.41) is 9.91. The highest BCUT2D eigenvalue weighted by Crippen LogP contribution is 2.23. The highest BCUT2D eigenvalue weighted by Gasteiger charge is 2.12. The van der Waals surface area contributed by atoms with Crippen molar-refractivity contribution in [1.29, 1.82) is 0 Å². The largest absolute Gasteiger partial charge is 0.497 e. The van der Waals surface area contributed by atoms with E-state index < -0.39 is 6.10 Å². The van der Waals surface area contributed by atoms with Crippen LogP contribution in [0, 0.1) is 0 Å². The zero-order valence-electron chi connectivity index (χ0n) is 8.38. The van der Waals surface area contributed by atoms with Gasteiger partial charge in [0.25, 0.3) is 0 Å². The number of aliphatic hydroxyl groups is 1. The minimum absolute atomic E-state index is 0.542. The Labute approximate surface area is 87.9 Å². The third-order valence-corrected chi connectivity index (χ3v) is 2.24. The van der Waals surface area contributed by atoms with Gasteiger partial charge in [-0.1, -0.05) is 12.1 Å². The van der Waals surface area contributed by atoms with Gasteiger partial charge in [0, 0.05) is 0 Å². The SMILES string of the molecule is COc1ccc(C(O)c2ccco2)cc1. The summed E-state index contributed by atoms with van der Waals surface area (Å²) in [6.07, 6.45) is 0.827. The zero-order valence-corrected chi connectivity index (χ0v) is 8.38. The van der Waals surface area contributed by atoms with Gasteiger partial charge in [-0.3, -0.25) is 0 Å². The molecule has 0 radical (unpaired) electrons. The van der Waals surface area contributed by atoms with Crippen molar-refractivity contribution in [2.45, 2.75) is 6.10 Å². The molecule has 0 amide bonds. The van der Waals surface area contributed by atoms with Crippen LogP contribution in [0.3, 0.4) is 0 Å². The Morgan fingerprint density at radius 2 is 1.93 bits per heavy atom. The van der Waals surface area contributed by atoms with E-state index in [4.69, 9.17) is 9.15 Å². The predicted molar refractivity (Wildman–Crippen MR) is 55.8 cm³/mol. The van der Waals surface area contributed by atoms with Gasteiger partial charge < -0.3 is 14.3 Å². The summed E-state index contributed by atoms with van der Waals surface area (Å²) in [5.41, 5.74) is 0.783. The van der Waals surface area contributed by atoms with Crippen molar-refractivity contribution in [1.82, 2.24) is 0 Å². The van der Waals surface area contributed by atoms with Crippen LogP contribution in [-0.2, 0) is 0 Å². The molecular weight excluding hydrogens is 192 g/mol. The smallest absolute Gasteiger partial charge is 0.137 e. The molecule has 0 saturated carbocycles. The summed E-state index contributed by atoms with van der Waals surface area (Å²) >= 11 is 0. The number of aliphatic hydroxyl groups excluding tert-OH is 1. The van der Waals surface area contributed by atoms with Crippen LogP contribution in [0.15, 0.2) is 47.1 Å².